The lowest BCUT2D eigenvalue weighted by Gasteiger charge is -2.19. The Bertz CT molecular complexity index is 1090. The molecule has 0 atom stereocenters. The van der Waals surface area contributed by atoms with Gasteiger partial charge >= 0.3 is 0 Å². The predicted molar refractivity (Wildman–Crippen MR) is 113 cm³/mol. The Morgan fingerprint density at radius 3 is 2.43 bits per heavy atom. The summed E-state index contributed by atoms with van der Waals surface area (Å²) in [4.78, 5) is 8.97. The average Bonchev–Trinajstić information content (AvgIpc) is 2.68. The highest BCUT2D eigenvalue weighted by atomic mass is 15.3. The van der Waals surface area contributed by atoms with Gasteiger partial charge in [-0.1, -0.05) is 51.1 Å². The van der Waals surface area contributed by atoms with Gasteiger partial charge in [-0.3, -0.25) is 4.98 Å². The molecule has 2 aromatic heterocycles. The Hall–Kier alpha value is -3.54. The lowest BCUT2D eigenvalue weighted by Crippen LogP contribution is -2.10. The molecule has 28 heavy (non-hydrogen) atoms. The summed E-state index contributed by atoms with van der Waals surface area (Å²) in [5, 5.41) is 15.7. The van der Waals surface area contributed by atoms with E-state index in [1.54, 1.807) is 12.4 Å². The molecule has 0 aliphatic heterocycles. The number of anilines is 4. The summed E-state index contributed by atoms with van der Waals surface area (Å²) in [5.74, 6) is 1.03. The van der Waals surface area contributed by atoms with Gasteiger partial charge in [0, 0.05) is 17.3 Å². The average molecular weight is 370 g/mol. The molecule has 0 aliphatic rings. The van der Waals surface area contributed by atoms with Crippen molar-refractivity contribution in [1.82, 2.24) is 20.2 Å². The Kier molecular flexibility index (Phi) is 4.61. The van der Waals surface area contributed by atoms with Gasteiger partial charge in [-0.05, 0) is 35.2 Å². The summed E-state index contributed by atoms with van der Waals surface area (Å²) >= 11 is 0. The number of fused-ring (bicyclic) bond motifs is 1. The second-order valence-corrected chi connectivity index (χ2v) is 7.62. The fourth-order valence-corrected chi connectivity index (χ4v) is 2.94. The van der Waals surface area contributed by atoms with E-state index in [0.717, 1.165) is 22.3 Å². The van der Waals surface area contributed by atoms with Crippen LogP contribution in [0.1, 0.15) is 26.3 Å². The van der Waals surface area contributed by atoms with Crippen molar-refractivity contribution >= 4 is 34.0 Å². The molecule has 140 valence electrons. The molecular weight excluding hydrogens is 348 g/mol. The van der Waals surface area contributed by atoms with Gasteiger partial charge in [-0.25, -0.2) is 0 Å². The molecule has 0 aliphatic carbocycles. The van der Waals surface area contributed by atoms with Crippen LogP contribution in [0.4, 0.5) is 23.1 Å². The maximum atomic E-state index is 4.52. The summed E-state index contributed by atoms with van der Waals surface area (Å²) in [5.41, 5.74) is 4.07. The maximum Gasteiger partial charge on any atom is 0.249 e. The quantitative estimate of drug-likeness (QED) is 0.514. The van der Waals surface area contributed by atoms with E-state index >= 15 is 0 Å². The van der Waals surface area contributed by atoms with Crippen molar-refractivity contribution < 1.29 is 0 Å². The number of nitrogens with zero attached hydrogens (tertiary/aromatic N) is 4. The minimum Gasteiger partial charge on any atom is -0.337 e. The van der Waals surface area contributed by atoms with E-state index in [-0.39, 0.29) is 5.41 Å². The van der Waals surface area contributed by atoms with Crippen LogP contribution in [0.2, 0.25) is 0 Å². The topological polar surface area (TPSA) is 75.6 Å². The molecule has 6 nitrogen and oxygen atoms in total. The highest BCUT2D eigenvalue weighted by Gasteiger charge is 2.13. The Balaban J connectivity index is 1.55. The fourth-order valence-electron chi connectivity index (χ4n) is 2.94. The van der Waals surface area contributed by atoms with Crippen LogP contribution in [-0.2, 0) is 5.41 Å². The summed E-state index contributed by atoms with van der Waals surface area (Å²) < 4.78 is 0. The van der Waals surface area contributed by atoms with E-state index in [9.17, 15) is 0 Å². The van der Waals surface area contributed by atoms with Crippen LogP contribution < -0.4 is 10.6 Å². The van der Waals surface area contributed by atoms with E-state index in [4.69, 9.17) is 0 Å². The molecule has 0 fully saturated rings. The van der Waals surface area contributed by atoms with E-state index < -0.39 is 0 Å². The summed E-state index contributed by atoms with van der Waals surface area (Å²) in [6.45, 7) is 6.58. The van der Waals surface area contributed by atoms with Gasteiger partial charge < -0.3 is 10.6 Å². The first kappa shape index (κ1) is 17.9. The molecule has 2 heterocycles. The molecule has 0 bridgehead atoms. The van der Waals surface area contributed by atoms with Gasteiger partial charge in [-0.2, -0.15) is 10.1 Å². The third kappa shape index (κ3) is 3.91. The van der Waals surface area contributed by atoms with Gasteiger partial charge in [0.1, 0.15) is 0 Å². The largest absolute Gasteiger partial charge is 0.337 e. The minimum atomic E-state index is 0.118. The summed E-state index contributed by atoms with van der Waals surface area (Å²) in [7, 11) is 0. The number of benzene rings is 2. The molecular formula is C22H22N6. The zero-order valence-corrected chi connectivity index (χ0v) is 16.1. The molecule has 0 spiro atoms. The van der Waals surface area contributed by atoms with Crippen molar-refractivity contribution in [3.63, 3.8) is 0 Å². The molecule has 0 unspecified atom stereocenters. The number of hydrogen-bond acceptors (Lipinski definition) is 6. The minimum absolute atomic E-state index is 0.118. The van der Waals surface area contributed by atoms with Gasteiger partial charge in [0.25, 0.3) is 0 Å². The SMILES string of the molecule is CC(C)(C)c1ccc(Nc2nncc(Nc3cccc4cccnc34)n2)cc1. The molecule has 4 rings (SSSR count). The molecule has 2 N–H and O–H groups in total. The number of hydrogen-bond donors (Lipinski definition) is 2. The zero-order valence-electron chi connectivity index (χ0n) is 16.1. The molecule has 0 radical (unpaired) electrons. The second kappa shape index (κ2) is 7.23. The predicted octanol–water partition coefficient (Wildman–Crippen LogP) is 5.20. The second-order valence-electron chi connectivity index (χ2n) is 7.62. The monoisotopic (exact) mass is 370 g/mol. The third-order valence-electron chi connectivity index (χ3n) is 4.46. The Morgan fingerprint density at radius 1 is 0.857 bits per heavy atom. The lowest BCUT2D eigenvalue weighted by molar-refractivity contribution is 0.590. The van der Waals surface area contributed by atoms with Crippen molar-refractivity contribution in [1.29, 1.82) is 0 Å². The molecule has 6 heteroatoms. The number of nitrogens with one attached hydrogen (secondary N) is 2. The van der Waals surface area contributed by atoms with Crippen LogP contribution in [0.25, 0.3) is 10.9 Å². The maximum absolute atomic E-state index is 4.52. The third-order valence-corrected chi connectivity index (χ3v) is 4.46. The van der Waals surface area contributed by atoms with E-state index in [1.807, 2.05) is 42.5 Å². The van der Waals surface area contributed by atoms with Crippen LogP contribution in [0.3, 0.4) is 0 Å². The molecule has 0 saturated heterocycles. The Morgan fingerprint density at radius 2 is 1.64 bits per heavy atom. The van der Waals surface area contributed by atoms with Crippen molar-refractivity contribution in [2.45, 2.75) is 26.2 Å². The number of pyridine rings is 1. The van der Waals surface area contributed by atoms with Crippen LogP contribution in [-0.4, -0.2) is 20.2 Å². The fraction of sp³-hybridized carbons (Fsp3) is 0.182. The van der Waals surface area contributed by atoms with Crippen LogP contribution in [0.5, 0.6) is 0 Å². The first-order valence-electron chi connectivity index (χ1n) is 9.17. The highest BCUT2D eigenvalue weighted by molar-refractivity contribution is 5.91. The lowest BCUT2D eigenvalue weighted by atomic mass is 9.87. The van der Waals surface area contributed by atoms with Crippen molar-refractivity contribution in [2.24, 2.45) is 0 Å². The van der Waals surface area contributed by atoms with Crippen LogP contribution >= 0.6 is 0 Å². The smallest absolute Gasteiger partial charge is 0.249 e. The zero-order chi connectivity index (χ0) is 19.6. The van der Waals surface area contributed by atoms with E-state index in [0.29, 0.717) is 11.8 Å². The normalized spacial score (nSPS) is 11.4. The molecule has 4 aromatic rings. The molecule has 0 amide bonds. The highest BCUT2D eigenvalue weighted by Crippen LogP contribution is 2.25. The summed E-state index contributed by atoms with van der Waals surface area (Å²) in [6, 6.07) is 18.2. The molecule has 2 aromatic carbocycles. The van der Waals surface area contributed by atoms with E-state index in [2.05, 4.69) is 63.7 Å². The number of aromatic nitrogens is 4. The van der Waals surface area contributed by atoms with Crippen LogP contribution in [0, 0.1) is 0 Å². The first-order chi connectivity index (χ1) is 13.5. The van der Waals surface area contributed by atoms with Gasteiger partial charge in [-0.15, -0.1) is 5.10 Å². The van der Waals surface area contributed by atoms with Crippen molar-refractivity contribution in [3.8, 4) is 0 Å². The summed E-state index contributed by atoms with van der Waals surface area (Å²) in [6.07, 6.45) is 3.37. The van der Waals surface area contributed by atoms with E-state index in [1.165, 1.54) is 5.56 Å². The van der Waals surface area contributed by atoms with Gasteiger partial charge in [0.15, 0.2) is 5.82 Å². The van der Waals surface area contributed by atoms with Crippen molar-refractivity contribution in [2.75, 3.05) is 10.6 Å². The van der Waals surface area contributed by atoms with Gasteiger partial charge in [0.05, 0.1) is 17.4 Å². The van der Waals surface area contributed by atoms with Crippen LogP contribution in [0.15, 0.2) is 67.0 Å². The van der Waals surface area contributed by atoms with Crippen molar-refractivity contribution in [3.05, 3.63) is 72.6 Å². The number of rotatable bonds is 4. The molecule has 0 saturated carbocycles. The number of para-hydroxylation sites is 1. The first-order valence-corrected chi connectivity index (χ1v) is 9.17. The Labute approximate surface area is 164 Å². The van der Waals surface area contributed by atoms with Gasteiger partial charge in [0.2, 0.25) is 5.95 Å². The standard InChI is InChI=1S/C22H22N6/c1-22(2,3)16-9-11-17(12-10-16)25-21-27-19(14-24-28-21)26-18-8-4-6-15-7-5-13-23-20(15)18/h4-14H,1-3H3,(H2,25,26,27,28).